The normalized spacial score (nSPS) is 10.4. The molecule has 0 nitrogen and oxygen atoms in total. The maximum Gasteiger partial charge on any atom is 2.00 e. The van der Waals surface area contributed by atoms with Gasteiger partial charge in [-0.2, -0.15) is 46.5 Å². The van der Waals surface area contributed by atoms with Crippen LogP contribution in [0.15, 0.2) is 36.4 Å². The molecule has 0 aliphatic rings. The van der Waals surface area contributed by atoms with Crippen molar-refractivity contribution in [2.75, 3.05) is 0 Å². The summed E-state index contributed by atoms with van der Waals surface area (Å²) in [4.78, 5) is 0. The smallest absolute Gasteiger partial charge is 0.210 e. The van der Waals surface area contributed by atoms with Crippen molar-refractivity contribution in [3.8, 4) is 0 Å². The van der Waals surface area contributed by atoms with Gasteiger partial charge in [0.1, 0.15) is 0 Å². The van der Waals surface area contributed by atoms with Crippen LogP contribution in [-0.2, 0) is 12.8 Å². The van der Waals surface area contributed by atoms with E-state index in [1.807, 2.05) is 0 Å². The van der Waals surface area contributed by atoms with Gasteiger partial charge in [0.25, 0.3) is 0 Å². The minimum atomic E-state index is 0. The zero-order valence-corrected chi connectivity index (χ0v) is 17.6. The molecule has 2 aromatic carbocycles. The van der Waals surface area contributed by atoms with Crippen LogP contribution in [-0.4, -0.2) is 23.1 Å². The molecule has 0 unspecified atom stereocenters. The topological polar surface area (TPSA) is 0 Å². The number of aryl methyl sites for hydroxylation is 2. The average molecular weight is 323 g/mol. The van der Waals surface area contributed by atoms with Crippen molar-refractivity contribution in [1.82, 2.24) is 0 Å². The zero-order chi connectivity index (χ0) is 16.5. The van der Waals surface area contributed by atoms with E-state index in [0.29, 0.717) is 11.8 Å². The van der Waals surface area contributed by atoms with Crippen LogP contribution in [0.2, 0.25) is 0 Å². The molecule has 0 N–H and O–H groups in total. The third-order valence-corrected chi connectivity index (χ3v) is 4.09. The van der Waals surface area contributed by atoms with E-state index in [1.165, 1.54) is 47.9 Å². The second-order valence-corrected chi connectivity index (χ2v) is 6.91. The summed E-state index contributed by atoms with van der Waals surface area (Å²) in [6.45, 7) is 13.4. The molecule has 2 aromatic rings. The van der Waals surface area contributed by atoms with E-state index in [0.717, 1.165) is 0 Å². The van der Waals surface area contributed by atoms with Gasteiger partial charge < -0.3 is 0 Å². The van der Waals surface area contributed by atoms with Crippen LogP contribution in [0.3, 0.4) is 0 Å². The number of rotatable bonds is 6. The molecule has 0 aliphatic carbocycles. The van der Waals surface area contributed by atoms with Crippen LogP contribution >= 0.6 is 0 Å². The van der Waals surface area contributed by atoms with E-state index in [4.69, 9.17) is 0 Å². The van der Waals surface area contributed by atoms with Crippen molar-refractivity contribution in [2.24, 2.45) is 0 Å². The molecule has 0 aliphatic heterocycles. The van der Waals surface area contributed by atoms with E-state index in [9.17, 15) is 0 Å². The monoisotopic (exact) mass is 322 g/mol. The van der Waals surface area contributed by atoms with Crippen LogP contribution in [0, 0.1) is 0 Å². The minimum Gasteiger partial charge on any atom is -0.210 e. The molecule has 0 saturated carbocycles. The summed E-state index contributed by atoms with van der Waals surface area (Å²) >= 11 is 0. The molecular weight excluding hydrogens is 289 g/mol. The zero-order valence-electron chi connectivity index (χ0n) is 16.2. The van der Waals surface area contributed by atoms with Gasteiger partial charge in [0.2, 0.25) is 0 Å². The van der Waals surface area contributed by atoms with Gasteiger partial charge in [-0.15, -0.1) is 0 Å². The van der Waals surface area contributed by atoms with Crippen LogP contribution in [0.4, 0.5) is 0 Å². The Morgan fingerprint density at radius 3 is 1.30 bits per heavy atom. The number of hydrogen-bond acceptors (Lipinski definition) is 0. The molecule has 0 atom stereocenters. The van der Waals surface area contributed by atoms with Crippen molar-refractivity contribution < 1.29 is 0 Å². The minimum absolute atomic E-state index is 0. The average Bonchev–Trinajstić information content (AvgIpc) is 3.09. The number of hydrogen-bond donors (Lipinski definition) is 0. The quantitative estimate of drug-likeness (QED) is 0.416. The van der Waals surface area contributed by atoms with Gasteiger partial charge in [0.05, 0.1) is 0 Å². The molecule has 1 heteroatoms. The van der Waals surface area contributed by atoms with Gasteiger partial charge in [-0.25, -0.2) is 12.1 Å². The predicted molar refractivity (Wildman–Crippen MR) is 106 cm³/mol. The molecule has 0 bridgehead atoms. The molecule has 0 aromatic heterocycles. The molecule has 0 fully saturated rings. The van der Waals surface area contributed by atoms with Crippen molar-refractivity contribution in [3.63, 3.8) is 0 Å². The first-order chi connectivity index (χ1) is 10.5. The first kappa shape index (κ1) is 22.5. The first-order valence-corrected chi connectivity index (χ1v) is 8.98. The molecular formula is C22H34Mg. The van der Waals surface area contributed by atoms with E-state index < -0.39 is 0 Å². The predicted octanol–water partition coefficient (Wildman–Crippen LogP) is 6.58. The molecule has 23 heavy (non-hydrogen) atoms. The Morgan fingerprint density at radius 2 is 1.09 bits per heavy atom. The van der Waals surface area contributed by atoms with Crippen molar-refractivity contribution in [3.05, 3.63) is 58.7 Å². The first-order valence-electron chi connectivity index (χ1n) is 8.98. The molecule has 0 heterocycles. The molecule has 0 saturated heterocycles. The van der Waals surface area contributed by atoms with E-state index >= 15 is 0 Å². The van der Waals surface area contributed by atoms with Crippen LogP contribution in [0.1, 0.15) is 88.5 Å². The summed E-state index contributed by atoms with van der Waals surface area (Å²) in [7, 11) is 0. The Kier molecular flexibility index (Phi) is 11.6. The second kappa shape index (κ2) is 11.9. The third kappa shape index (κ3) is 8.22. The molecule has 124 valence electrons. The van der Waals surface area contributed by atoms with Crippen molar-refractivity contribution >= 4 is 23.1 Å². The molecule has 2 rings (SSSR count). The van der Waals surface area contributed by atoms with Crippen LogP contribution < -0.4 is 0 Å². The van der Waals surface area contributed by atoms with Gasteiger partial charge in [-0.1, -0.05) is 79.1 Å². The summed E-state index contributed by atoms with van der Waals surface area (Å²) in [5.41, 5.74) is 5.95. The van der Waals surface area contributed by atoms with E-state index in [-0.39, 0.29) is 23.1 Å². The van der Waals surface area contributed by atoms with Crippen LogP contribution in [0.5, 0.6) is 0 Å². The summed E-state index contributed by atoms with van der Waals surface area (Å²) < 4.78 is 0. The van der Waals surface area contributed by atoms with Gasteiger partial charge in [-0.05, 0) is 0 Å². The fourth-order valence-electron chi connectivity index (χ4n) is 2.63. The maximum absolute atomic E-state index is 2.33. The molecule has 0 spiro atoms. The maximum atomic E-state index is 2.33. The van der Waals surface area contributed by atoms with E-state index in [1.54, 1.807) is 0 Å². The van der Waals surface area contributed by atoms with Gasteiger partial charge in [0, 0.05) is 0 Å². The SMILES string of the molecule is CCCc1cc[c-](C(C)C)c1.CCCc1cc[c-](C(C)C)c1.[Mg+2]. The van der Waals surface area contributed by atoms with Gasteiger partial charge in [0.15, 0.2) is 0 Å². The third-order valence-electron chi connectivity index (χ3n) is 4.09. The Balaban J connectivity index is 0.000000403. The Labute approximate surface area is 160 Å². The largest absolute Gasteiger partial charge is 2.00 e. The summed E-state index contributed by atoms with van der Waals surface area (Å²) in [6, 6.07) is 13.6. The summed E-state index contributed by atoms with van der Waals surface area (Å²) in [5, 5.41) is 0. The Hall–Kier alpha value is -0.534. The Bertz CT molecular complexity index is 465. The van der Waals surface area contributed by atoms with Crippen LogP contribution in [0.25, 0.3) is 0 Å². The standard InChI is InChI=1S/2C11H17.Mg/c2*1-4-5-10-6-7-11(8-10)9(2)3;/h2*6-9H,4-5H2,1-3H3;/q2*-1;+2. The van der Waals surface area contributed by atoms with E-state index in [2.05, 4.69) is 77.9 Å². The second-order valence-electron chi connectivity index (χ2n) is 6.91. The van der Waals surface area contributed by atoms with Crippen molar-refractivity contribution in [1.29, 1.82) is 0 Å². The molecule has 0 amide bonds. The van der Waals surface area contributed by atoms with Gasteiger partial charge in [-0.3, -0.25) is 0 Å². The van der Waals surface area contributed by atoms with Crippen molar-refractivity contribution in [2.45, 2.75) is 79.1 Å². The fraction of sp³-hybridized carbons (Fsp3) is 0.545. The fourth-order valence-corrected chi connectivity index (χ4v) is 2.63. The molecule has 0 radical (unpaired) electrons. The van der Waals surface area contributed by atoms with Gasteiger partial charge >= 0.3 is 23.1 Å². The summed E-state index contributed by atoms with van der Waals surface area (Å²) in [6.07, 6.45) is 4.96. The summed E-state index contributed by atoms with van der Waals surface area (Å²) in [5.74, 6) is 1.36. The Morgan fingerprint density at radius 1 is 0.739 bits per heavy atom.